The first kappa shape index (κ1) is 12.9. The fourth-order valence-electron chi connectivity index (χ4n) is 2.78. The number of nitrogens with zero attached hydrogens (tertiary/aromatic N) is 1. The van der Waals surface area contributed by atoms with Gasteiger partial charge in [0.25, 0.3) is 0 Å². The summed E-state index contributed by atoms with van der Waals surface area (Å²) in [6, 6.07) is 6.48. The van der Waals surface area contributed by atoms with E-state index in [0.29, 0.717) is 16.7 Å². The van der Waals surface area contributed by atoms with E-state index in [1.54, 1.807) is 6.07 Å². The second kappa shape index (κ2) is 3.98. The van der Waals surface area contributed by atoms with Crippen LogP contribution in [-0.4, -0.2) is 6.54 Å². The Bertz CT molecular complexity index is 498. The molecule has 18 heavy (non-hydrogen) atoms. The van der Waals surface area contributed by atoms with E-state index in [0.717, 1.165) is 12.2 Å². The van der Waals surface area contributed by atoms with E-state index in [1.807, 2.05) is 6.07 Å². The van der Waals surface area contributed by atoms with E-state index in [4.69, 9.17) is 5.26 Å². The van der Waals surface area contributed by atoms with Crippen molar-refractivity contribution in [1.82, 2.24) is 0 Å². The third kappa shape index (κ3) is 1.86. The number of halogens is 1. The van der Waals surface area contributed by atoms with Gasteiger partial charge in [-0.1, -0.05) is 27.7 Å². The summed E-state index contributed by atoms with van der Waals surface area (Å²) in [5, 5.41) is 11.9. The first-order chi connectivity index (χ1) is 8.30. The highest BCUT2D eigenvalue weighted by Gasteiger charge is 2.63. The number of nitriles is 1. The third-order valence-corrected chi connectivity index (χ3v) is 4.92. The molecule has 2 rings (SSSR count). The van der Waals surface area contributed by atoms with Crippen LogP contribution in [0.15, 0.2) is 18.2 Å². The number of benzene rings is 1. The topological polar surface area (TPSA) is 35.8 Å². The molecule has 0 spiro atoms. The van der Waals surface area contributed by atoms with E-state index in [9.17, 15) is 4.39 Å². The van der Waals surface area contributed by atoms with Crippen molar-refractivity contribution in [1.29, 1.82) is 5.26 Å². The molecule has 1 aromatic carbocycles. The Morgan fingerprint density at radius 2 is 1.89 bits per heavy atom. The lowest BCUT2D eigenvalue weighted by Gasteiger charge is -2.08. The predicted octanol–water partition coefficient (Wildman–Crippen LogP) is 3.79. The summed E-state index contributed by atoms with van der Waals surface area (Å²) >= 11 is 0. The van der Waals surface area contributed by atoms with Crippen molar-refractivity contribution in [3.8, 4) is 6.07 Å². The number of nitrogens with one attached hydrogen (secondary N) is 1. The van der Waals surface area contributed by atoms with Gasteiger partial charge in [-0.25, -0.2) is 4.39 Å². The van der Waals surface area contributed by atoms with E-state index in [2.05, 4.69) is 33.0 Å². The molecule has 1 N–H and O–H groups in total. The lowest BCUT2D eigenvalue weighted by molar-refractivity contribution is 0.457. The van der Waals surface area contributed by atoms with Gasteiger partial charge in [-0.05, 0) is 34.9 Å². The van der Waals surface area contributed by atoms with Crippen LogP contribution >= 0.6 is 0 Å². The van der Waals surface area contributed by atoms with Gasteiger partial charge in [-0.15, -0.1) is 0 Å². The van der Waals surface area contributed by atoms with Gasteiger partial charge in [-0.3, -0.25) is 0 Å². The first-order valence-electron chi connectivity index (χ1n) is 6.24. The lowest BCUT2D eigenvalue weighted by atomic mass is 10.0. The molecule has 0 aromatic heterocycles. The van der Waals surface area contributed by atoms with Crippen LogP contribution in [0, 0.1) is 33.9 Å². The maximum absolute atomic E-state index is 13.4. The molecular formula is C15H19FN2. The highest BCUT2D eigenvalue weighted by Crippen LogP contribution is 2.68. The molecule has 0 heterocycles. The molecule has 1 aliphatic rings. The van der Waals surface area contributed by atoms with Gasteiger partial charge < -0.3 is 5.32 Å². The Hall–Kier alpha value is -1.56. The molecule has 3 heteroatoms. The van der Waals surface area contributed by atoms with Gasteiger partial charge in [-0.2, -0.15) is 5.26 Å². The molecule has 1 fully saturated rings. The maximum atomic E-state index is 13.4. The average Bonchev–Trinajstić information content (AvgIpc) is 2.67. The largest absolute Gasteiger partial charge is 0.385 e. The zero-order chi connectivity index (χ0) is 13.6. The van der Waals surface area contributed by atoms with Crippen LogP contribution in [0.3, 0.4) is 0 Å². The Morgan fingerprint density at radius 1 is 1.28 bits per heavy atom. The molecule has 1 saturated carbocycles. The molecule has 1 aromatic rings. The van der Waals surface area contributed by atoms with Gasteiger partial charge in [0.15, 0.2) is 0 Å². The smallest absolute Gasteiger partial charge is 0.143 e. The third-order valence-electron chi connectivity index (χ3n) is 4.92. The van der Waals surface area contributed by atoms with Gasteiger partial charge >= 0.3 is 0 Å². The fraction of sp³-hybridized carbons (Fsp3) is 0.533. The van der Waals surface area contributed by atoms with Crippen molar-refractivity contribution < 1.29 is 4.39 Å². The van der Waals surface area contributed by atoms with Crippen LogP contribution in [0.25, 0.3) is 0 Å². The zero-order valence-corrected chi connectivity index (χ0v) is 11.3. The zero-order valence-electron chi connectivity index (χ0n) is 11.3. The van der Waals surface area contributed by atoms with Crippen molar-refractivity contribution >= 4 is 5.69 Å². The predicted molar refractivity (Wildman–Crippen MR) is 70.7 cm³/mol. The van der Waals surface area contributed by atoms with Crippen LogP contribution in [0.1, 0.15) is 33.3 Å². The van der Waals surface area contributed by atoms with Gasteiger partial charge in [0.2, 0.25) is 0 Å². The molecule has 0 atom stereocenters. The molecule has 1 aliphatic carbocycles. The standard InChI is InChI=1S/C15H19FN2/c1-14(2)13(15(14,3)4)9-18-11-6-5-10(8-17)12(16)7-11/h5-7,13,18H,9H2,1-4H3. The summed E-state index contributed by atoms with van der Waals surface area (Å²) in [5.74, 6) is 0.125. The molecule has 96 valence electrons. The van der Waals surface area contributed by atoms with Crippen molar-refractivity contribution in [3.05, 3.63) is 29.6 Å². The van der Waals surface area contributed by atoms with Crippen LogP contribution < -0.4 is 5.32 Å². The lowest BCUT2D eigenvalue weighted by Crippen LogP contribution is -2.08. The fourth-order valence-corrected chi connectivity index (χ4v) is 2.78. The van der Waals surface area contributed by atoms with E-state index in [-0.39, 0.29) is 5.56 Å². The summed E-state index contributed by atoms with van der Waals surface area (Å²) < 4.78 is 13.4. The number of hydrogen-bond donors (Lipinski definition) is 1. The summed E-state index contributed by atoms with van der Waals surface area (Å²) in [5.41, 5.74) is 1.48. The number of hydrogen-bond acceptors (Lipinski definition) is 2. The normalized spacial score (nSPS) is 20.2. The van der Waals surface area contributed by atoms with E-state index >= 15 is 0 Å². The Labute approximate surface area is 108 Å². The highest BCUT2D eigenvalue weighted by molar-refractivity contribution is 5.48. The molecular weight excluding hydrogens is 227 g/mol. The average molecular weight is 246 g/mol. The second-order valence-electron chi connectivity index (χ2n) is 6.18. The van der Waals surface area contributed by atoms with Gasteiger partial charge in [0.1, 0.15) is 11.9 Å². The number of rotatable bonds is 3. The van der Waals surface area contributed by atoms with Crippen LogP contribution in [0.4, 0.5) is 10.1 Å². The van der Waals surface area contributed by atoms with Crippen molar-refractivity contribution in [2.75, 3.05) is 11.9 Å². The van der Waals surface area contributed by atoms with Gasteiger partial charge in [0.05, 0.1) is 5.56 Å². The Morgan fingerprint density at radius 3 is 2.33 bits per heavy atom. The summed E-state index contributed by atoms with van der Waals surface area (Å²) in [7, 11) is 0. The Balaban J connectivity index is 2.01. The summed E-state index contributed by atoms with van der Waals surface area (Å²) in [6.45, 7) is 9.89. The minimum Gasteiger partial charge on any atom is -0.385 e. The molecule has 0 unspecified atom stereocenters. The molecule has 0 bridgehead atoms. The van der Waals surface area contributed by atoms with Crippen molar-refractivity contribution in [2.24, 2.45) is 16.7 Å². The molecule has 0 amide bonds. The maximum Gasteiger partial charge on any atom is 0.143 e. The van der Waals surface area contributed by atoms with E-state index in [1.165, 1.54) is 12.1 Å². The van der Waals surface area contributed by atoms with Crippen molar-refractivity contribution in [3.63, 3.8) is 0 Å². The van der Waals surface area contributed by atoms with Crippen molar-refractivity contribution in [2.45, 2.75) is 27.7 Å². The molecule has 0 saturated heterocycles. The minimum absolute atomic E-state index is 0.0904. The second-order valence-corrected chi connectivity index (χ2v) is 6.18. The first-order valence-corrected chi connectivity index (χ1v) is 6.24. The SMILES string of the molecule is CC1(C)C(CNc2ccc(C#N)c(F)c2)C1(C)C. The summed E-state index contributed by atoms with van der Waals surface area (Å²) in [4.78, 5) is 0. The van der Waals surface area contributed by atoms with Crippen LogP contribution in [0.2, 0.25) is 0 Å². The number of anilines is 1. The molecule has 0 aliphatic heterocycles. The van der Waals surface area contributed by atoms with E-state index < -0.39 is 5.82 Å². The molecule has 2 nitrogen and oxygen atoms in total. The quantitative estimate of drug-likeness (QED) is 0.880. The monoisotopic (exact) mass is 246 g/mol. The van der Waals surface area contributed by atoms with Gasteiger partial charge in [0, 0.05) is 12.2 Å². The van der Waals surface area contributed by atoms with Crippen LogP contribution in [0.5, 0.6) is 0 Å². The van der Waals surface area contributed by atoms with Crippen LogP contribution in [-0.2, 0) is 0 Å². The minimum atomic E-state index is -0.461. The summed E-state index contributed by atoms with van der Waals surface area (Å²) in [6.07, 6.45) is 0. The molecule has 0 radical (unpaired) electrons. The Kier molecular flexibility index (Phi) is 2.85. The highest BCUT2D eigenvalue weighted by atomic mass is 19.1.